The van der Waals surface area contributed by atoms with Crippen molar-refractivity contribution in [1.82, 2.24) is 10.3 Å². The number of carbonyl (C=O) groups excluding carboxylic acids is 1. The van der Waals surface area contributed by atoms with Crippen LogP contribution in [0.4, 0.5) is 13.6 Å². The number of ether oxygens (including phenoxy) is 1. The average molecular weight is 388 g/mol. The van der Waals surface area contributed by atoms with Crippen molar-refractivity contribution in [2.75, 3.05) is 0 Å². The first-order chi connectivity index (χ1) is 13.4. The molecule has 0 unspecified atom stereocenters. The molecule has 6 nitrogen and oxygen atoms in total. The quantitative estimate of drug-likeness (QED) is 0.690. The maximum Gasteiger partial charge on any atom is 0.415 e. The minimum atomic E-state index is -0.835. The van der Waals surface area contributed by atoms with Crippen LogP contribution in [-0.2, 0) is 13.0 Å². The van der Waals surface area contributed by atoms with Crippen LogP contribution in [0.5, 0.6) is 5.95 Å². The Bertz CT molecular complexity index is 1050. The highest BCUT2D eigenvalue weighted by atomic mass is 19.1. The van der Waals surface area contributed by atoms with E-state index in [2.05, 4.69) is 10.3 Å². The van der Waals surface area contributed by atoms with Crippen molar-refractivity contribution in [2.24, 2.45) is 0 Å². The number of nitrogens with one attached hydrogen (secondary N) is 2. The molecule has 0 saturated carbocycles. The number of hydrogen-bond acceptors (Lipinski definition) is 4. The largest absolute Gasteiger partial charge is 0.425 e. The Kier molecular flexibility index (Phi) is 5.58. The molecule has 0 aliphatic carbocycles. The lowest BCUT2D eigenvalue weighted by Gasteiger charge is -2.06. The van der Waals surface area contributed by atoms with Crippen molar-refractivity contribution >= 4 is 6.09 Å². The lowest BCUT2D eigenvalue weighted by Crippen LogP contribution is -2.26. The van der Waals surface area contributed by atoms with Gasteiger partial charge in [0.25, 0.3) is 11.5 Å². The van der Waals surface area contributed by atoms with Crippen molar-refractivity contribution in [3.05, 3.63) is 75.2 Å². The van der Waals surface area contributed by atoms with Gasteiger partial charge < -0.3 is 19.5 Å². The summed E-state index contributed by atoms with van der Waals surface area (Å²) in [5.41, 5.74) is 2.02. The van der Waals surface area contributed by atoms with Gasteiger partial charge in [-0.2, -0.15) is 0 Å². The molecular weight excluding hydrogens is 370 g/mol. The second-order valence-corrected chi connectivity index (χ2v) is 6.16. The SMILES string of the molecule is CCc1cc(-c2ccc(OC(=O)NCc3cc(F)cc(F)c3)o2)c(C)[nH]c1=O. The van der Waals surface area contributed by atoms with Gasteiger partial charge >= 0.3 is 6.09 Å². The Labute approximate surface area is 159 Å². The molecule has 0 aliphatic rings. The van der Waals surface area contributed by atoms with Crippen LogP contribution in [0.15, 0.2) is 45.6 Å². The zero-order valence-corrected chi connectivity index (χ0v) is 15.3. The summed E-state index contributed by atoms with van der Waals surface area (Å²) >= 11 is 0. The molecule has 0 spiro atoms. The molecule has 3 rings (SSSR count). The number of amides is 1. The van der Waals surface area contributed by atoms with E-state index in [1.165, 1.54) is 6.07 Å². The van der Waals surface area contributed by atoms with Gasteiger partial charge in [-0.1, -0.05) is 6.92 Å². The third-order valence-corrected chi connectivity index (χ3v) is 4.10. The first-order valence-electron chi connectivity index (χ1n) is 8.59. The van der Waals surface area contributed by atoms with Gasteiger partial charge in [0, 0.05) is 35.5 Å². The van der Waals surface area contributed by atoms with E-state index in [1.807, 2.05) is 6.92 Å². The van der Waals surface area contributed by atoms with Crippen LogP contribution in [0.2, 0.25) is 0 Å². The first-order valence-corrected chi connectivity index (χ1v) is 8.59. The molecule has 3 aromatic rings. The van der Waals surface area contributed by atoms with Crippen LogP contribution in [-0.4, -0.2) is 11.1 Å². The lowest BCUT2D eigenvalue weighted by atomic mass is 10.1. The number of halogens is 2. The zero-order chi connectivity index (χ0) is 20.3. The highest BCUT2D eigenvalue weighted by Crippen LogP contribution is 2.28. The molecule has 0 bridgehead atoms. The normalized spacial score (nSPS) is 10.7. The van der Waals surface area contributed by atoms with E-state index in [1.54, 1.807) is 19.1 Å². The minimum absolute atomic E-state index is 0.0541. The summed E-state index contributed by atoms with van der Waals surface area (Å²) in [6.45, 7) is 3.50. The molecule has 0 fully saturated rings. The predicted molar refractivity (Wildman–Crippen MR) is 98.1 cm³/mol. The molecule has 1 aromatic carbocycles. The van der Waals surface area contributed by atoms with Crippen molar-refractivity contribution in [3.8, 4) is 17.3 Å². The lowest BCUT2D eigenvalue weighted by molar-refractivity contribution is 0.187. The number of aryl methyl sites for hydroxylation is 2. The molecule has 0 atom stereocenters. The fourth-order valence-electron chi connectivity index (χ4n) is 2.72. The van der Waals surface area contributed by atoms with E-state index in [0.29, 0.717) is 29.0 Å². The van der Waals surface area contributed by atoms with Gasteiger partial charge in [0.1, 0.15) is 17.4 Å². The van der Waals surface area contributed by atoms with Gasteiger partial charge in [-0.3, -0.25) is 4.79 Å². The molecule has 28 heavy (non-hydrogen) atoms. The van der Waals surface area contributed by atoms with E-state index in [0.717, 1.165) is 18.2 Å². The number of benzene rings is 1. The highest BCUT2D eigenvalue weighted by molar-refractivity contribution is 5.70. The molecule has 0 aliphatic heterocycles. The number of carbonyl (C=O) groups is 1. The summed E-state index contributed by atoms with van der Waals surface area (Å²) in [4.78, 5) is 26.5. The summed E-state index contributed by atoms with van der Waals surface area (Å²) in [5, 5.41) is 2.39. The maximum atomic E-state index is 13.2. The number of aromatic amines is 1. The smallest absolute Gasteiger partial charge is 0.415 e. The van der Waals surface area contributed by atoms with E-state index >= 15 is 0 Å². The van der Waals surface area contributed by atoms with Crippen molar-refractivity contribution < 1.29 is 22.7 Å². The fraction of sp³-hybridized carbons (Fsp3) is 0.200. The summed E-state index contributed by atoms with van der Waals surface area (Å²) in [6, 6.07) is 7.78. The number of rotatable bonds is 5. The zero-order valence-electron chi connectivity index (χ0n) is 15.3. The predicted octanol–water partition coefficient (Wildman–Crippen LogP) is 4.07. The first kappa shape index (κ1) is 19.3. The summed E-state index contributed by atoms with van der Waals surface area (Å²) in [7, 11) is 0. The topological polar surface area (TPSA) is 84.3 Å². The van der Waals surface area contributed by atoms with Gasteiger partial charge in [-0.05, 0) is 43.2 Å². The van der Waals surface area contributed by atoms with Crippen molar-refractivity contribution in [1.29, 1.82) is 0 Å². The molecule has 0 radical (unpaired) electrons. The van der Waals surface area contributed by atoms with Crippen LogP contribution in [0.3, 0.4) is 0 Å². The van der Waals surface area contributed by atoms with E-state index in [9.17, 15) is 18.4 Å². The van der Waals surface area contributed by atoms with Gasteiger partial charge in [-0.15, -0.1) is 0 Å². The van der Waals surface area contributed by atoms with Crippen LogP contribution in [0.1, 0.15) is 23.7 Å². The van der Waals surface area contributed by atoms with Crippen molar-refractivity contribution in [3.63, 3.8) is 0 Å². The summed E-state index contributed by atoms with van der Waals surface area (Å²) in [5.74, 6) is -1.09. The maximum absolute atomic E-state index is 13.2. The van der Waals surface area contributed by atoms with E-state index < -0.39 is 17.7 Å². The van der Waals surface area contributed by atoms with Crippen molar-refractivity contribution in [2.45, 2.75) is 26.8 Å². The van der Waals surface area contributed by atoms with Gasteiger partial charge in [0.15, 0.2) is 0 Å². The third kappa shape index (κ3) is 4.46. The van der Waals surface area contributed by atoms with Crippen LogP contribution >= 0.6 is 0 Å². The second-order valence-electron chi connectivity index (χ2n) is 6.16. The average Bonchev–Trinajstić information content (AvgIpc) is 3.07. The Morgan fingerprint density at radius 2 is 1.89 bits per heavy atom. The minimum Gasteiger partial charge on any atom is -0.425 e. The highest BCUT2D eigenvalue weighted by Gasteiger charge is 2.14. The van der Waals surface area contributed by atoms with Gasteiger partial charge in [0.05, 0.1) is 0 Å². The monoisotopic (exact) mass is 388 g/mol. The van der Waals surface area contributed by atoms with Crippen LogP contribution < -0.4 is 15.6 Å². The van der Waals surface area contributed by atoms with Gasteiger partial charge in [-0.25, -0.2) is 13.6 Å². The second kappa shape index (κ2) is 8.08. The Morgan fingerprint density at radius 1 is 1.18 bits per heavy atom. The molecule has 8 heteroatoms. The number of aromatic nitrogens is 1. The summed E-state index contributed by atoms with van der Waals surface area (Å²) < 4.78 is 36.9. The molecule has 2 aromatic heterocycles. The number of furan rings is 1. The van der Waals surface area contributed by atoms with Crippen LogP contribution in [0.25, 0.3) is 11.3 Å². The van der Waals surface area contributed by atoms with E-state index in [4.69, 9.17) is 9.15 Å². The molecule has 2 N–H and O–H groups in total. The molecule has 0 saturated heterocycles. The molecular formula is C20H18F2N2O4. The molecule has 1 amide bonds. The van der Waals surface area contributed by atoms with Crippen LogP contribution in [0, 0.1) is 18.6 Å². The van der Waals surface area contributed by atoms with E-state index in [-0.39, 0.29) is 23.6 Å². The number of H-pyrrole nitrogens is 1. The Balaban J connectivity index is 1.67. The Hall–Kier alpha value is -3.42. The fourth-order valence-corrected chi connectivity index (χ4v) is 2.72. The summed E-state index contributed by atoms with van der Waals surface area (Å²) in [6.07, 6.45) is -0.270. The number of pyridine rings is 1. The number of hydrogen-bond donors (Lipinski definition) is 2. The molecule has 146 valence electrons. The molecule has 2 heterocycles. The standard InChI is InChI=1S/C20H18F2N2O4/c1-3-13-8-16(11(2)24-19(13)25)17-4-5-18(27-17)28-20(26)23-10-12-6-14(21)9-15(22)7-12/h4-9H,3,10H2,1-2H3,(H,23,26)(H,24,25). The third-order valence-electron chi connectivity index (χ3n) is 4.10. The van der Waals surface area contributed by atoms with Gasteiger partial charge in [0.2, 0.25) is 0 Å². The Morgan fingerprint density at radius 3 is 2.57 bits per heavy atom.